The second-order valence-corrected chi connectivity index (χ2v) is 6.95. The van der Waals surface area contributed by atoms with Crippen LogP contribution in [0, 0.1) is 13.8 Å². The largest absolute Gasteiger partial charge is 0.376 e. The van der Waals surface area contributed by atoms with Crippen molar-refractivity contribution in [2.75, 3.05) is 17.2 Å². The predicted molar refractivity (Wildman–Crippen MR) is 104 cm³/mol. The summed E-state index contributed by atoms with van der Waals surface area (Å²) in [6, 6.07) is 12.0. The van der Waals surface area contributed by atoms with Gasteiger partial charge in [0.05, 0.1) is 17.9 Å². The molecule has 0 spiro atoms. The molecular formula is C18H18F2N6OS. The summed E-state index contributed by atoms with van der Waals surface area (Å²) in [4.78, 5) is 12.6. The van der Waals surface area contributed by atoms with Crippen molar-refractivity contribution < 1.29 is 13.6 Å². The Kier molecular flexibility index (Phi) is 6.19. The predicted octanol–water partition coefficient (Wildman–Crippen LogP) is 3.64. The van der Waals surface area contributed by atoms with Crippen LogP contribution in [-0.4, -0.2) is 38.4 Å². The van der Waals surface area contributed by atoms with Gasteiger partial charge in [-0.15, -0.1) is 5.10 Å². The third-order valence-corrected chi connectivity index (χ3v) is 4.68. The fourth-order valence-corrected chi connectivity index (χ4v) is 3.14. The molecule has 0 aliphatic heterocycles. The Bertz CT molecular complexity index is 978. The molecule has 1 heterocycles. The summed E-state index contributed by atoms with van der Waals surface area (Å²) in [5.41, 5.74) is 2.84. The maximum Gasteiger partial charge on any atom is 0.288 e. The van der Waals surface area contributed by atoms with E-state index in [2.05, 4.69) is 26.2 Å². The van der Waals surface area contributed by atoms with Gasteiger partial charge >= 0.3 is 0 Å². The van der Waals surface area contributed by atoms with E-state index in [0.29, 0.717) is 33.9 Å². The van der Waals surface area contributed by atoms with Crippen LogP contribution < -0.4 is 10.6 Å². The molecule has 146 valence electrons. The Labute approximate surface area is 164 Å². The zero-order valence-corrected chi connectivity index (χ0v) is 16.0. The third kappa shape index (κ3) is 4.83. The minimum absolute atomic E-state index is 0.0230. The zero-order chi connectivity index (χ0) is 20.1. The van der Waals surface area contributed by atoms with Gasteiger partial charge in [-0.2, -0.15) is 13.5 Å². The maximum atomic E-state index is 12.6. The van der Waals surface area contributed by atoms with Crippen LogP contribution in [0.4, 0.5) is 20.2 Å². The van der Waals surface area contributed by atoms with Crippen molar-refractivity contribution in [3.8, 4) is 5.69 Å². The topological polar surface area (TPSA) is 84.7 Å². The van der Waals surface area contributed by atoms with Gasteiger partial charge < -0.3 is 10.6 Å². The molecule has 1 aromatic heterocycles. The molecule has 7 nitrogen and oxygen atoms in total. The van der Waals surface area contributed by atoms with Gasteiger partial charge in [-0.3, -0.25) is 4.79 Å². The van der Waals surface area contributed by atoms with Crippen LogP contribution in [0.2, 0.25) is 0 Å². The highest BCUT2D eigenvalue weighted by atomic mass is 32.2. The van der Waals surface area contributed by atoms with Gasteiger partial charge in [0.2, 0.25) is 5.91 Å². The van der Waals surface area contributed by atoms with Crippen molar-refractivity contribution in [2.45, 2.75) is 24.5 Å². The van der Waals surface area contributed by atoms with Crippen LogP contribution in [0.25, 0.3) is 5.69 Å². The molecule has 2 N–H and O–H groups in total. The second kappa shape index (κ2) is 8.79. The molecule has 28 heavy (non-hydrogen) atoms. The van der Waals surface area contributed by atoms with Gasteiger partial charge in [-0.25, -0.2) is 0 Å². The number of tetrazole rings is 1. The Balaban J connectivity index is 1.67. The first-order valence-electron chi connectivity index (χ1n) is 8.37. The number of aromatic nitrogens is 4. The zero-order valence-electron chi connectivity index (χ0n) is 15.2. The van der Waals surface area contributed by atoms with Gasteiger partial charge in [0.25, 0.3) is 5.76 Å². The fraction of sp³-hybridized carbons (Fsp3) is 0.222. The van der Waals surface area contributed by atoms with Crippen LogP contribution in [-0.2, 0) is 4.79 Å². The SMILES string of the molecule is Cc1ccc(NCC(=O)Nc2ccccc2SC(F)F)cc1-n1nnnc1C. The summed E-state index contributed by atoms with van der Waals surface area (Å²) >= 11 is 0.395. The molecule has 3 aromatic rings. The van der Waals surface area contributed by atoms with E-state index >= 15 is 0 Å². The second-order valence-electron chi connectivity index (χ2n) is 5.92. The number of hydrogen-bond acceptors (Lipinski definition) is 6. The Morgan fingerprint density at radius 2 is 2.00 bits per heavy atom. The van der Waals surface area contributed by atoms with E-state index in [1.807, 2.05) is 25.1 Å². The molecule has 0 aliphatic rings. The lowest BCUT2D eigenvalue weighted by atomic mass is 10.2. The number of carbonyl (C=O) groups excluding carboxylic acids is 1. The Morgan fingerprint density at radius 1 is 1.21 bits per heavy atom. The highest BCUT2D eigenvalue weighted by Crippen LogP contribution is 2.31. The lowest BCUT2D eigenvalue weighted by Gasteiger charge is -2.13. The highest BCUT2D eigenvalue weighted by molar-refractivity contribution is 7.99. The molecule has 0 saturated carbocycles. The summed E-state index contributed by atoms with van der Waals surface area (Å²) in [7, 11) is 0. The molecular weight excluding hydrogens is 386 g/mol. The number of para-hydroxylation sites is 1. The number of amides is 1. The van der Waals surface area contributed by atoms with E-state index < -0.39 is 5.76 Å². The molecule has 10 heteroatoms. The highest BCUT2D eigenvalue weighted by Gasteiger charge is 2.12. The van der Waals surface area contributed by atoms with Crippen LogP contribution >= 0.6 is 11.8 Å². The van der Waals surface area contributed by atoms with Crippen molar-refractivity contribution in [3.05, 3.63) is 53.9 Å². The lowest BCUT2D eigenvalue weighted by molar-refractivity contribution is -0.114. The number of nitrogens with zero attached hydrogens (tertiary/aromatic N) is 4. The summed E-state index contributed by atoms with van der Waals surface area (Å²) in [6.07, 6.45) is 0. The van der Waals surface area contributed by atoms with Crippen molar-refractivity contribution in [1.29, 1.82) is 0 Å². The van der Waals surface area contributed by atoms with E-state index in [0.717, 1.165) is 11.3 Å². The van der Waals surface area contributed by atoms with E-state index in [-0.39, 0.29) is 12.5 Å². The average molecular weight is 404 g/mol. The number of benzene rings is 2. The van der Waals surface area contributed by atoms with Crippen molar-refractivity contribution in [3.63, 3.8) is 0 Å². The standard InChI is InChI=1S/C18H18F2N6OS/c1-11-7-8-13(9-15(11)26-12(2)23-24-25-26)21-10-17(27)22-14-5-3-4-6-16(14)28-18(19)20/h3-9,18,21H,10H2,1-2H3,(H,22,27). The summed E-state index contributed by atoms with van der Waals surface area (Å²) in [5, 5.41) is 17.2. The molecule has 3 rings (SSSR count). The number of rotatable bonds is 7. The van der Waals surface area contributed by atoms with Crippen LogP contribution in [0.5, 0.6) is 0 Å². The van der Waals surface area contributed by atoms with Gasteiger partial charge in [0.1, 0.15) is 0 Å². The van der Waals surface area contributed by atoms with Crippen molar-refractivity contribution in [2.24, 2.45) is 0 Å². The molecule has 0 atom stereocenters. The summed E-state index contributed by atoms with van der Waals surface area (Å²) < 4.78 is 26.9. The van der Waals surface area contributed by atoms with Gasteiger partial charge in [0, 0.05) is 10.6 Å². The minimum atomic E-state index is -2.56. The van der Waals surface area contributed by atoms with Crippen molar-refractivity contribution >= 4 is 29.0 Å². The van der Waals surface area contributed by atoms with Crippen LogP contribution in [0.1, 0.15) is 11.4 Å². The number of carbonyl (C=O) groups is 1. The fourth-order valence-electron chi connectivity index (χ4n) is 2.55. The molecule has 0 radical (unpaired) electrons. The number of nitrogens with one attached hydrogen (secondary N) is 2. The number of alkyl halides is 2. The van der Waals surface area contributed by atoms with E-state index in [1.165, 1.54) is 0 Å². The van der Waals surface area contributed by atoms with Gasteiger partial charge in [0.15, 0.2) is 5.82 Å². The quantitative estimate of drug-likeness (QED) is 0.585. The number of aryl methyl sites for hydroxylation is 2. The number of thioether (sulfide) groups is 1. The monoisotopic (exact) mass is 404 g/mol. The Morgan fingerprint density at radius 3 is 2.71 bits per heavy atom. The lowest BCUT2D eigenvalue weighted by Crippen LogP contribution is -2.22. The van der Waals surface area contributed by atoms with E-state index in [9.17, 15) is 13.6 Å². The average Bonchev–Trinajstić information content (AvgIpc) is 3.08. The van der Waals surface area contributed by atoms with E-state index in [4.69, 9.17) is 0 Å². The summed E-state index contributed by atoms with van der Waals surface area (Å²) in [6.45, 7) is 3.71. The molecule has 0 bridgehead atoms. The molecule has 0 fully saturated rings. The maximum absolute atomic E-state index is 12.6. The molecule has 0 unspecified atom stereocenters. The smallest absolute Gasteiger partial charge is 0.288 e. The molecule has 0 saturated heterocycles. The number of hydrogen-bond donors (Lipinski definition) is 2. The van der Waals surface area contributed by atoms with Crippen LogP contribution in [0.15, 0.2) is 47.4 Å². The first-order valence-corrected chi connectivity index (χ1v) is 9.25. The van der Waals surface area contributed by atoms with Gasteiger partial charge in [-0.1, -0.05) is 30.0 Å². The first-order chi connectivity index (χ1) is 13.4. The summed E-state index contributed by atoms with van der Waals surface area (Å²) in [5.74, 6) is -2.26. The van der Waals surface area contributed by atoms with Crippen molar-refractivity contribution in [1.82, 2.24) is 20.2 Å². The minimum Gasteiger partial charge on any atom is -0.376 e. The molecule has 1 amide bonds. The van der Waals surface area contributed by atoms with E-state index in [1.54, 1.807) is 35.9 Å². The molecule has 0 aliphatic carbocycles. The first kappa shape index (κ1) is 19.7. The Hall–Kier alpha value is -3.01. The van der Waals surface area contributed by atoms with Crippen LogP contribution in [0.3, 0.4) is 0 Å². The normalized spacial score (nSPS) is 10.9. The van der Waals surface area contributed by atoms with Gasteiger partial charge in [-0.05, 0) is 54.1 Å². The molecule has 2 aromatic carbocycles. The third-order valence-electron chi connectivity index (χ3n) is 3.89. The number of anilines is 2. The number of halogens is 2.